The first kappa shape index (κ1) is 41.2. The molecule has 0 aromatic heterocycles. The van der Waals surface area contributed by atoms with Crippen LogP contribution in [-0.4, -0.2) is 12.6 Å². The van der Waals surface area contributed by atoms with Crippen molar-refractivity contribution >= 4 is 5.97 Å². The summed E-state index contributed by atoms with van der Waals surface area (Å²) < 4.78 is 5.56. The van der Waals surface area contributed by atoms with Gasteiger partial charge in [-0.2, -0.15) is 0 Å². The summed E-state index contributed by atoms with van der Waals surface area (Å²) in [5.74, 6) is 0.310. The molecule has 0 N–H and O–H groups in total. The van der Waals surface area contributed by atoms with Crippen LogP contribution in [0.2, 0.25) is 0 Å². The predicted octanol–water partition coefficient (Wildman–Crippen LogP) is 14.2. The van der Waals surface area contributed by atoms with Crippen LogP contribution in [0.3, 0.4) is 0 Å². The Bertz CT molecular complexity index is 554. The second kappa shape index (κ2) is 34.7. The molecule has 0 rings (SSSR count). The predicted molar refractivity (Wildman–Crippen MR) is 188 cm³/mol. The van der Waals surface area contributed by atoms with Crippen LogP contribution in [0.25, 0.3) is 0 Å². The van der Waals surface area contributed by atoms with Gasteiger partial charge in [0.05, 0.1) is 6.61 Å². The van der Waals surface area contributed by atoms with Crippen LogP contribution in [-0.2, 0) is 9.53 Å². The molecule has 0 aromatic rings. The molecule has 0 bridgehead atoms. The van der Waals surface area contributed by atoms with Gasteiger partial charge in [0.2, 0.25) is 0 Å². The highest BCUT2D eigenvalue weighted by atomic mass is 16.5. The van der Waals surface area contributed by atoms with E-state index in [4.69, 9.17) is 4.74 Å². The fourth-order valence-corrected chi connectivity index (χ4v) is 6.24. The molecular formula is C40H78O2. The van der Waals surface area contributed by atoms with Gasteiger partial charge in [-0.3, -0.25) is 0 Å². The van der Waals surface area contributed by atoms with Crippen molar-refractivity contribution in [3.63, 3.8) is 0 Å². The van der Waals surface area contributed by atoms with Crippen molar-refractivity contribution < 1.29 is 9.53 Å². The number of unbranched alkanes of at least 4 members (excludes halogenated alkanes) is 28. The quantitative estimate of drug-likeness (QED) is 0.0417. The van der Waals surface area contributed by atoms with Crippen molar-refractivity contribution in [2.24, 2.45) is 5.92 Å². The third kappa shape index (κ3) is 32.1. The molecule has 0 spiro atoms. The van der Waals surface area contributed by atoms with Gasteiger partial charge in [0.25, 0.3) is 0 Å². The molecule has 0 fully saturated rings. The zero-order valence-electron chi connectivity index (χ0n) is 29.4. The second-order valence-corrected chi connectivity index (χ2v) is 13.7. The highest BCUT2D eigenvalue weighted by molar-refractivity contribution is 5.86. The molecular weight excluding hydrogens is 512 g/mol. The molecule has 250 valence electrons. The lowest BCUT2D eigenvalue weighted by Gasteiger charge is -2.17. The number of ether oxygens (including phenoxy) is 1. The molecule has 0 saturated carbocycles. The summed E-state index contributed by atoms with van der Waals surface area (Å²) in [7, 11) is 0. The van der Waals surface area contributed by atoms with Crippen molar-refractivity contribution in [3.8, 4) is 0 Å². The summed E-state index contributed by atoms with van der Waals surface area (Å²) in [5, 5.41) is 0. The Morgan fingerprint density at radius 3 is 0.929 bits per heavy atom. The molecule has 2 nitrogen and oxygen atoms in total. The van der Waals surface area contributed by atoms with Gasteiger partial charge in [-0.15, -0.1) is 0 Å². The summed E-state index contributed by atoms with van der Waals surface area (Å²) in [6.07, 6.45) is 44.7. The fraction of sp³-hybridized carbons (Fsp3) is 0.925. The smallest absolute Gasteiger partial charge is 0.333 e. The minimum atomic E-state index is -0.216. The third-order valence-electron chi connectivity index (χ3n) is 9.23. The van der Waals surface area contributed by atoms with Gasteiger partial charge in [-0.05, 0) is 25.7 Å². The average Bonchev–Trinajstić information content (AvgIpc) is 2.99. The van der Waals surface area contributed by atoms with E-state index in [1.54, 1.807) is 6.92 Å². The van der Waals surface area contributed by atoms with E-state index in [-0.39, 0.29) is 5.97 Å². The topological polar surface area (TPSA) is 26.3 Å². The summed E-state index contributed by atoms with van der Waals surface area (Å²) >= 11 is 0. The Kier molecular flexibility index (Phi) is 34.0. The molecule has 0 aliphatic carbocycles. The first-order valence-corrected chi connectivity index (χ1v) is 19.4. The zero-order chi connectivity index (χ0) is 30.8. The first-order chi connectivity index (χ1) is 20.6. The van der Waals surface area contributed by atoms with Crippen molar-refractivity contribution in [1.82, 2.24) is 0 Å². The SMILES string of the molecule is C=C(C)C(=O)OCC(CCCCCCCCCCCC)CCCCCCCCCCCCCCCCCCCCCC. The lowest BCUT2D eigenvalue weighted by atomic mass is 9.94. The van der Waals surface area contributed by atoms with Crippen molar-refractivity contribution in [2.75, 3.05) is 6.61 Å². The molecule has 2 heteroatoms. The largest absolute Gasteiger partial charge is 0.462 e. The van der Waals surface area contributed by atoms with Crippen LogP contribution in [0.1, 0.15) is 226 Å². The third-order valence-corrected chi connectivity index (χ3v) is 9.23. The van der Waals surface area contributed by atoms with Crippen LogP contribution in [0.15, 0.2) is 12.2 Å². The van der Waals surface area contributed by atoms with Gasteiger partial charge in [0.15, 0.2) is 0 Å². The Hall–Kier alpha value is -0.790. The number of carbonyl (C=O) groups is 1. The van der Waals surface area contributed by atoms with E-state index in [0.717, 1.165) is 0 Å². The minimum absolute atomic E-state index is 0.216. The summed E-state index contributed by atoms with van der Waals surface area (Å²) in [6.45, 7) is 10.7. The van der Waals surface area contributed by atoms with E-state index in [9.17, 15) is 4.79 Å². The number of esters is 1. The summed E-state index contributed by atoms with van der Waals surface area (Å²) in [5.41, 5.74) is 0.520. The average molecular weight is 591 g/mol. The number of rotatable bonds is 35. The summed E-state index contributed by atoms with van der Waals surface area (Å²) in [6, 6.07) is 0. The Morgan fingerprint density at radius 1 is 0.452 bits per heavy atom. The maximum Gasteiger partial charge on any atom is 0.333 e. The van der Waals surface area contributed by atoms with Gasteiger partial charge < -0.3 is 4.74 Å². The minimum Gasteiger partial charge on any atom is -0.462 e. The highest BCUT2D eigenvalue weighted by Crippen LogP contribution is 2.21. The van der Waals surface area contributed by atoms with E-state index in [1.165, 1.54) is 205 Å². The van der Waals surface area contributed by atoms with E-state index in [1.807, 2.05) is 0 Å². The van der Waals surface area contributed by atoms with Crippen molar-refractivity contribution in [3.05, 3.63) is 12.2 Å². The zero-order valence-corrected chi connectivity index (χ0v) is 29.4. The maximum absolute atomic E-state index is 11.9. The molecule has 0 aromatic carbocycles. The van der Waals surface area contributed by atoms with E-state index >= 15 is 0 Å². The second-order valence-electron chi connectivity index (χ2n) is 13.7. The monoisotopic (exact) mass is 591 g/mol. The number of hydrogen-bond acceptors (Lipinski definition) is 2. The molecule has 0 radical (unpaired) electrons. The van der Waals surface area contributed by atoms with Crippen LogP contribution in [0.4, 0.5) is 0 Å². The van der Waals surface area contributed by atoms with Crippen molar-refractivity contribution in [2.45, 2.75) is 226 Å². The van der Waals surface area contributed by atoms with Crippen LogP contribution in [0.5, 0.6) is 0 Å². The standard InChI is InChI=1S/C40H78O2/c1-5-7-9-11-13-15-17-18-19-20-21-22-23-24-25-26-28-30-32-34-36-39(37-42-40(41)38(3)4)35-33-31-29-27-16-14-12-10-8-6-2/h39H,3,5-37H2,1-2,4H3. The van der Waals surface area contributed by atoms with Crippen LogP contribution in [0, 0.1) is 5.92 Å². The molecule has 0 amide bonds. The molecule has 1 unspecified atom stereocenters. The molecule has 42 heavy (non-hydrogen) atoms. The van der Waals surface area contributed by atoms with E-state index in [2.05, 4.69) is 20.4 Å². The van der Waals surface area contributed by atoms with E-state index < -0.39 is 0 Å². The molecule has 0 aliphatic heterocycles. The van der Waals surface area contributed by atoms with Gasteiger partial charge in [-0.1, -0.05) is 213 Å². The number of hydrogen-bond donors (Lipinski definition) is 0. The maximum atomic E-state index is 11.9. The van der Waals surface area contributed by atoms with E-state index in [0.29, 0.717) is 18.1 Å². The van der Waals surface area contributed by atoms with Crippen LogP contribution >= 0.6 is 0 Å². The molecule has 0 aliphatic rings. The fourth-order valence-electron chi connectivity index (χ4n) is 6.24. The highest BCUT2D eigenvalue weighted by Gasteiger charge is 2.12. The Morgan fingerprint density at radius 2 is 0.690 bits per heavy atom. The van der Waals surface area contributed by atoms with Gasteiger partial charge >= 0.3 is 5.97 Å². The van der Waals surface area contributed by atoms with Gasteiger partial charge in [0, 0.05) is 5.57 Å². The molecule has 0 saturated heterocycles. The summed E-state index contributed by atoms with van der Waals surface area (Å²) in [4.78, 5) is 11.9. The number of carbonyl (C=O) groups excluding carboxylic acids is 1. The normalized spacial score (nSPS) is 12.1. The van der Waals surface area contributed by atoms with Gasteiger partial charge in [0.1, 0.15) is 0 Å². The van der Waals surface area contributed by atoms with Gasteiger partial charge in [-0.25, -0.2) is 4.79 Å². The first-order valence-electron chi connectivity index (χ1n) is 19.4. The Balaban J connectivity index is 3.66. The molecule has 0 heterocycles. The lowest BCUT2D eigenvalue weighted by molar-refractivity contribution is -0.140. The molecule has 1 atom stereocenters. The Labute approximate surface area is 266 Å². The lowest BCUT2D eigenvalue weighted by Crippen LogP contribution is -2.15. The van der Waals surface area contributed by atoms with Crippen molar-refractivity contribution in [1.29, 1.82) is 0 Å². The van der Waals surface area contributed by atoms with Crippen LogP contribution < -0.4 is 0 Å².